The first-order valence-electron chi connectivity index (χ1n) is 5.67. The minimum absolute atomic E-state index is 0.0112. The van der Waals surface area contributed by atoms with Crippen LogP contribution in [-0.2, 0) is 0 Å². The first-order chi connectivity index (χ1) is 7.07. The number of aliphatic hydroxyl groups excluding tert-OH is 1. The molecule has 4 nitrogen and oxygen atoms in total. The van der Waals surface area contributed by atoms with Crippen LogP contribution >= 0.6 is 0 Å². The Kier molecular flexibility index (Phi) is 8.09. The van der Waals surface area contributed by atoms with E-state index in [1.165, 1.54) is 11.3 Å². The van der Waals surface area contributed by atoms with Gasteiger partial charge in [-0.1, -0.05) is 26.7 Å². The number of hydrogen-bond donors (Lipinski definition) is 2. The predicted molar refractivity (Wildman–Crippen MR) is 61.8 cm³/mol. The van der Waals surface area contributed by atoms with Gasteiger partial charge in [0, 0.05) is 20.1 Å². The summed E-state index contributed by atoms with van der Waals surface area (Å²) in [4.78, 5) is 12.8. The van der Waals surface area contributed by atoms with E-state index < -0.39 is 0 Å². The molecule has 0 aliphatic heterocycles. The number of carbonyl (C=O) groups excluding carboxylic acids is 1. The van der Waals surface area contributed by atoms with Gasteiger partial charge in [-0.25, -0.2) is 4.79 Å². The highest BCUT2D eigenvalue weighted by molar-refractivity contribution is 5.73. The van der Waals surface area contributed by atoms with Crippen molar-refractivity contribution in [1.29, 1.82) is 0 Å². The molecule has 2 amide bonds. The van der Waals surface area contributed by atoms with Crippen LogP contribution in [-0.4, -0.2) is 42.8 Å². The highest BCUT2D eigenvalue weighted by atomic mass is 16.3. The van der Waals surface area contributed by atoms with Crippen molar-refractivity contribution in [3.63, 3.8) is 0 Å². The average Bonchev–Trinajstić information content (AvgIpc) is 2.16. The van der Waals surface area contributed by atoms with Gasteiger partial charge in [-0.3, -0.25) is 0 Å². The number of unbranched alkanes of at least 4 members (excludes halogenated alkanes) is 1. The van der Waals surface area contributed by atoms with Crippen LogP contribution in [0.1, 0.15) is 33.1 Å². The molecule has 0 bridgehead atoms. The van der Waals surface area contributed by atoms with E-state index in [0.717, 1.165) is 25.3 Å². The minimum Gasteiger partial charge on any atom is -0.395 e. The van der Waals surface area contributed by atoms with Gasteiger partial charge in [-0.2, -0.15) is 0 Å². The fraction of sp³-hybridized carbons (Fsp3) is 0.909. The summed E-state index contributed by atoms with van der Waals surface area (Å²) in [6, 6.07) is -0.103. The van der Waals surface area contributed by atoms with Gasteiger partial charge in [0.25, 0.3) is 0 Å². The smallest absolute Gasteiger partial charge is 0.317 e. The number of nitrogens with one attached hydrogen (secondary N) is 1. The van der Waals surface area contributed by atoms with Crippen molar-refractivity contribution in [3.8, 4) is 0 Å². The average molecular weight is 216 g/mol. The van der Waals surface area contributed by atoms with Gasteiger partial charge in [0.15, 0.2) is 0 Å². The van der Waals surface area contributed by atoms with Crippen LogP contribution in [0.2, 0.25) is 0 Å². The third-order valence-electron chi connectivity index (χ3n) is 2.27. The Morgan fingerprint density at radius 3 is 2.60 bits per heavy atom. The lowest BCUT2D eigenvalue weighted by Gasteiger charge is -2.16. The lowest BCUT2D eigenvalue weighted by Crippen LogP contribution is -2.39. The molecule has 0 heterocycles. The van der Waals surface area contributed by atoms with Crippen molar-refractivity contribution in [2.24, 2.45) is 5.92 Å². The third-order valence-corrected chi connectivity index (χ3v) is 2.27. The molecule has 90 valence electrons. The Labute approximate surface area is 92.7 Å². The fourth-order valence-electron chi connectivity index (χ4n) is 1.26. The molecule has 0 unspecified atom stereocenters. The summed E-state index contributed by atoms with van der Waals surface area (Å²) in [5.74, 6) is 0.734. The van der Waals surface area contributed by atoms with E-state index in [1.807, 2.05) is 0 Å². The second-order valence-corrected chi connectivity index (χ2v) is 4.27. The second kappa shape index (κ2) is 8.53. The zero-order valence-corrected chi connectivity index (χ0v) is 10.1. The summed E-state index contributed by atoms with van der Waals surface area (Å²) in [5, 5.41) is 11.5. The van der Waals surface area contributed by atoms with Crippen LogP contribution in [0.4, 0.5) is 4.79 Å². The largest absolute Gasteiger partial charge is 0.395 e. The number of urea groups is 1. The molecule has 15 heavy (non-hydrogen) atoms. The predicted octanol–water partition coefficient (Wildman–Crippen LogP) is 1.45. The Balaban J connectivity index is 3.38. The van der Waals surface area contributed by atoms with E-state index >= 15 is 0 Å². The molecule has 0 aromatic carbocycles. The molecule has 0 aromatic heterocycles. The Morgan fingerprint density at radius 2 is 2.07 bits per heavy atom. The molecule has 0 saturated carbocycles. The van der Waals surface area contributed by atoms with Gasteiger partial charge < -0.3 is 15.3 Å². The van der Waals surface area contributed by atoms with Crippen molar-refractivity contribution in [2.45, 2.75) is 33.1 Å². The van der Waals surface area contributed by atoms with Crippen LogP contribution in [0, 0.1) is 5.92 Å². The molecular weight excluding hydrogens is 192 g/mol. The molecule has 0 aromatic rings. The Bertz CT molecular complexity index is 172. The monoisotopic (exact) mass is 216 g/mol. The van der Waals surface area contributed by atoms with E-state index in [1.54, 1.807) is 7.05 Å². The molecule has 0 saturated heterocycles. The molecule has 0 radical (unpaired) electrons. The van der Waals surface area contributed by atoms with Crippen LogP contribution in [0.5, 0.6) is 0 Å². The van der Waals surface area contributed by atoms with Gasteiger partial charge in [-0.05, 0) is 12.3 Å². The Morgan fingerprint density at radius 1 is 1.40 bits per heavy atom. The van der Waals surface area contributed by atoms with Crippen LogP contribution in [0.3, 0.4) is 0 Å². The van der Waals surface area contributed by atoms with E-state index in [0.29, 0.717) is 6.54 Å². The minimum atomic E-state index is -0.103. The molecule has 0 fully saturated rings. The first-order valence-corrected chi connectivity index (χ1v) is 5.67. The highest BCUT2D eigenvalue weighted by Crippen LogP contribution is 2.05. The highest BCUT2D eigenvalue weighted by Gasteiger charge is 2.05. The fourth-order valence-corrected chi connectivity index (χ4v) is 1.26. The molecular formula is C11H24N2O2. The van der Waals surface area contributed by atoms with Crippen molar-refractivity contribution in [2.75, 3.05) is 26.7 Å². The van der Waals surface area contributed by atoms with E-state index in [9.17, 15) is 4.79 Å². The molecule has 0 spiro atoms. The van der Waals surface area contributed by atoms with Crippen molar-refractivity contribution in [3.05, 3.63) is 0 Å². The quantitative estimate of drug-likeness (QED) is 0.633. The normalized spacial score (nSPS) is 10.5. The number of hydrogen-bond acceptors (Lipinski definition) is 2. The van der Waals surface area contributed by atoms with Crippen molar-refractivity contribution < 1.29 is 9.90 Å². The lowest BCUT2D eigenvalue weighted by atomic mass is 10.1. The zero-order chi connectivity index (χ0) is 11.7. The molecule has 0 aliphatic rings. The molecule has 2 N–H and O–H groups in total. The maximum atomic E-state index is 11.3. The topological polar surface area (TPSA) is 52.6 Å². The summed E-state index contributed by atoms with van der Waals surface area (Å²) in [6.45, 7) is 5.53. The maximum absolute atomic E-state index is 11.3. The third kappa shape index (κ3) is 8.24. The summed E-state index contributed by atoms with van der Waals surface area (Å²) in [7, 11) is 1.68. The number of carbonyl (C=O) groups is 1. The van der Waals surface area contributed by atoms with E-state index in [-0.39, 0.29) is 12.6 Å². The Hall–Kier alpha value is -0.770. The molecule has 0 aliphatic carbocycles. The number of amides is 2. The van der Waals surface area contributed by atoms with E-state index in [2.05, 4.69) is 19.2 Å². The number of aliphatic hydroxyl groups is 1. The van der Waals surface area contributed by atoms with Crippen LogP contribution in [0.15, 0.2) is 0 Å². The van der Waals surface area contributed by atoms with E-state index in [4.69, 9.17) is 5.11 Å². The van der Waals surface area contributed by atoms with Gasteiger partial charge in [0.05, 0.1) is 6.61 Å². The molecule has 0 rings (SSSR count). The summed E-state index contributed by atoms with van der Waals surface area (Å²) < 4.78 is 0. The number of nitrogens with zero attached hydrogens (tertiary/aromatic N) is 1. The van der Waals surface area contributed by atoms with Crippen molar-refractivity contribution >= 4 is 6.03 Å². The number of likely N-dealkylation sites (N-methyl/N-ethyl adjacent to an activating group) is 1. The second-order valence-electron chi connectivity index (χ2n) is 4.27. The lowest BCUT2D eigenvalue weighted by molar-refractivity contribution is 0.190. The summed E-state index contributed by atoms with van der Waals surface area (Å²) in [6.07, 6.45) is 3.39. The molecule has 4 heteroatoms. The van der Waals surface area contributed by atoms with Crippen LogP contribution < -0.4 is 5.32 Å². The van der Waals surface area contributed by atoms with Crippen molar-refractivity contribution in [1.82, 2.24) is 10.2 Å². The number of rotatable bonds is 7. The van der Waals surface area contributed by atoms with Gasteiger partial charge in [0.2, 0.25) is 0 Å². The van der Waals surface area contributed by atoms with Gasteiger partial charge in [0.1, 0.15) is 0 Å². The SMILES string of the molecule is CC(C)CCCCNC(=O)N(C)CCO. The summed E-state index contributed by atoms with van der Waals surface area (Å²) in [5.41, 5.74) is 0. The molecule has 0 atom stereocenters. The standard InChI is InChI=1S/C11H24N2O2/c1-10(2)6-4-5-7-12-11(15)13(3)8-9-14/h10,14H,4-9H2,1-3H3,(H,12,15). The summed E-state index contributed by atoms with van der Waals surface area (Å²) >= 11 is 0. The van der Waals surface area contributed by atoms with Gasteiger partial charge >= 0.3 is 6.03 Å². The van der Waals surface area contributed by atoms with Gasteiger partial charge in [-0.15, -0.1) is 0 Å². The first kappa shape index (κ1) is 14.2. The zero-order valence-electron chi connectivity index (χ0n) is 10.1. The van der Waals surface area contributed by atoms with Crippen LogP contribution in [0.25, 0.3) is 0 Å². The maximum Gasteiger partial charge on any atom is 0.317 e.